The molecule has 2 aromatic rings. The smallest absolute Gasteiger partial charge is 0.416 e. The molecule has 4 nitrogen and oxygen atoms in total. The molecular formula is C13H11F3N2O2. The van der Waals surface area contributed by atoms with E-state index in [1.54, 1.807) is 0 Å². The Bertz CT molecular complexity index is 603. The van der Waals surface area contributed by atoms with Gasteiger partial charge in [-0.1, -0.05) is 12.1 Å². The van der Waals surface area contributed by atoms with Gasteiger partial charge in [0.15, 0.2) is 0 Å². The topological polar surface area (TPSA) is 66.0 Å². The molecule has 2 rings (SSSR count). The van der Waals surface area contributed by atoms with Crippen molar-refractivity contribution in [2.24, 2.45) is 0 Å². The zero-order valence-corrected chi connectivity index (χ0v) is 10.2. The highest BCUT2D eigenvalue weighted by Crippen LogP contribution is 2.29. The SMILES string of the molecule is O=C(O)Cc1nc[nH]c1Cc1ccc(C(F)(F)F)cc1. The van der Waals surface area contributed by atoms with Gasteiger partial charge in [0.05, 0.1) is 24.0 Å². The molecule has 0 saturated heterocycles. The first-order valence-corrected chi connectivity index (χ1v) is 5.75. The number of aliphatic carboxylic acids is 1. The highest BCUT2D eigenvalue weighted by molar-refractivity contribution is 5.69. The van der Waals surface area contributed by atoms with Crippen LogP contribution in [0.3, 0.4) is 0 Å². The lowest BCUT2D eigenvalue weighted by Gasteiger charge is -2.07. The Morgan fingerprint density at radius 3 is 2.45 bits per heavy atom. The van der Waals surface area contributed by atoms with Gasteiger partial charge in [-0.3, -0.25) is 4.79 Å². The number of rotatable bonds is 4. The molecule has 0 aliphatic rings. The predicted molar refractivity (Wildman–Crippen MR) is 64.2 cm³/mol. The zero-order chi connectivity index (χ0) is 14.8. The van der Waals surface area contributed by atoms with Crippen LogP contribution in [0.25, 0.3) is 0 Å². The number of aromatic nitrogens is 2. The van der Waals surface area contributed by atoms with E-state index >= 15 is 0 Å². The molecule has 2 N–H and O–H groups in total. The maximum absolute atomic E-state index is 12.4. The van der Waals surface area contributed by atoms with Crippen molar-refractivity contribution in [1.82, 2.24) is 9.97 Å². The minimum absolute atomic E-state index is 0.223. The monoisotopic (exact) mass is 284 g/mol. The molecule has 0 aliphatic heterocycles. The first kappa shape index (κ1) is 14.1. The lowest BCUT2D eigenvalue weighted by Crippen LogP contribution is -2.06. The molecule has 20 heavy (non-hydrogen) atoms. The summed E-state index contributed by atoms with van der Waals surface area (Å²) in [5.74, 6) is -1.01. The average Bonchev–Trinajstić information content (AvgIpc) is 2.75. The Labute approximate surface area is 112 Å². The van der Waals surface area contributed by atoms with Gasteiger partial charge in [-0.15, -0.1) is 0 Å². The van der Waals surface area contributed by atoms with E-state index in [4.69, 9.17) is 5.11 Å². The molecule has 0 bridgehead atoms. The van der Waals surface area contributed by atoms with Crippen molar-refractivity contribution in [2.75, 3.05) is 0 Å². The molecule has 0 aliphatic carbocycles. The fraction of sp³-hybridized carbons (Fsp3) is 0.231. The van der Waals surface area contributed by atoms with E-state index in [2.05, 4.69) is 9.97 Å². The number of nitrogens with one attached hydrogen (secondary N) is 1. The summed E-state index contributed by atoms with van der Waals surface area (Å²) in [6.45, 7) is 0. The molecule has 0 radical (unpaired) electrons. The van der Waals surface area contributed by atoms with Crippen LogP contribution in [0.15, 0.2) is 30.6 Å². The Balaban J connectivity index is 2.15. The van der Waals surface area contributed by atoms with Crippen LogP contribution < -0.4 is 0 Å². The minimum Gasteiger partial charge on any atom is -0.481 e. The third-order valence-corrected chi connectivity index (χ3v) is 2.79. The average molecular weight is 284 g/mol. The molecule has 0 fully saturated rings. The normalized spacial score (nSPS) is 11.6. The zero-order valence-electron chi connectivity index (χ0n) is 10.2. The molecule has 1 heterocycles. The second-order valence-corrected chi connectivity index (χ2v) is 4.27. The number of carboxylic acid groups (broad SMARTS) is 1. The summed E-state index contributed by atoms with van der Waals surface area (Å²) < 4.78 is 37.3. The van der Waals surface area contributed by atoms with Crippen molar-refractivity contribution in [1.29, 1.82) is 0 Å². The van der Waals surface area contributed by atoms with Crippen LogP contribution in [0, 0.1) is 0 Å². The van der Waals surface area contributed by atoms with Gasteiger partial charge in [-0.2, -0.15) is 13.2 Å². The van der Waals surface area contributed by atoms with Crippen LogP contribution in [-0.2, 0) is 23.8 Å². The lowest BCUT2D eigenvalue weighted by molar-refractivity contribution is -0.138. The first-order valence-electron chi connectivity index (χ1n) is 5.75. The molecular weight excluding hydrogens is 273 g/mol. The highest BCUT2D eigenvalue weighted by atomic mass is 19.4. The van der Waals surface area contributed by atoms with Crippen molar-refractivity contribution >= 4 is 5.97 Å². The Hall–Kier alpha value is -2.31. The standard InChI is InChI=1S/C13H11F3N2O2/c14-13(15,16)9-3-1-8(2-4-9)5-10-11(6-12(19)20)18-7-17-10/h1-4,7H,5-6H2,(H,17,18)(H,19,20). The summed E-state index contributed by atoms with van der Waals surface area (Å²) in [5, 5.41) is 8.72. The molecule has 0 unspecified atom stereocenters. The van der Waals surface area contributed by atoms with Crippen LogP contribution in [0.5, 0.6) is 0 Å². The van der Waals surface area contributed by atoms with Crippen LogP contribution in [0.2, 0.25) is 0 Å². The van der Waals surface area contributed by atoms with E-state index in [-0.39, 0.29) is 6.42 Å². The summed E-state index contributed by atoms with van der Waals surface area (Å²) in [6, 6.07) is 4.74. The molecule has 106 valence electrons. The number of carboxylic acids is 1. The van der Waals surface area contributed by atoms with Crippen molar-refractivity contribution in [3.8, 4) is 0 Å². The third kappa shape index (κ3) is 3.37. The van der Waals surface area contributed by atoms with E-state index in [9.17, 15) is 18.0 Å². The van der Waals surface area contributed by atoms with Crippen molar-refractivity contribution in [3.05, 3.63) is 53.1 Å². The number of carbonyl (C=O) groups is 1. The molecule has 0 amide bonds. The minimum atomic E-state index is -4.36. The Kier molecular flexibility index (Phi) is 3.78. The summed E-state index contributed by atoms with van der Waals surface area (Å²) in [5.41, 5.74) is 0.912. The number of hydrogen-bond donors (Lipinski definition) is 2. The van der Waals surface area contributed by atoms with E-state index in [1.807, 2.05) is 0 Å². The van der Waals surface area contributed by atoms with Gasteiger partial charge in [0.25, 0.3) is 0 Å². The Morgan fingerprint density at radius 2 is 1.90 bits per heavy atom. The fourth-order valence-corrected chi connectivity index (χ4v) is 1.81. The maximum Gasteiger partial charge on any atom is 0.416 e. The summed E-state index contributed by atoms with van der Waals surface area (Å²) in [4.78, 5) is 17.3. The molecule has 0 atom stereocenters. The first-order chi connectivity index (χ1) is 9.36. The second kappa shape index (κ2) is 5.36. The number of benzene rings is 1. The van der Waals surface area contributed by atoms with Crippen LogP contribution in [0.1, 0.15) is 22.5 Å². The van der Waals surface area contributed by atoms with Gasteiger partial charge >= 0.3 is 12.1 Å². The van der Waals surface area contributed by atoms with E-state index < -0.39 is 17.7 Å². The number of imidazole rings is 1. The number of hydrogen-bond acceptors (Lipinski definition) is 2. The van der Waals surface area contributed by atoms with Crippen LogP contribution in [0.4, 0.5) is 13.2 Å². The second-order valence-electron chi connectivity index (χ2n) is 4.27. The number of halogens is 3. The summed E-state index contributed by atoms with van der Waals surface area (Å²) in [6.07, 6.45) is -2.90. The third-order valence-electron chi connectivity index (χ3n) is 2.79. The van der Waals surface area contributed by atoms with E-state index in [0.29, 0.717) is 23.4 Å². The van der Waals surface area contributed by atoms with Gasteiger partial charge < -0.3 is 10.1 Å². The molecule has 1 aromatic heterocycles. The molecule has 7 heteroatoms. The number of H-pyrrole nitrogens is 1. The van der Waals surface area contributed by atoms with Crippen molar-refractivity contribution in [2.45, 2.75) is 19.0 Å². The van der Waals surface area contributed by atoms with Crippen molar-refractivity contribution < 1.29 is 23.1 Å². The van der Waals surface area contributed by atoms with Gasteiger partial charge in [0.1, 0.15) is 0 Å². The summed E-state index contributed by atoms with van der Waals surface area (Å²) >= 11 is 0. The highest BCUT2D eigenvalue weighted by Gasteiger charge is 2.29. The predicted octanol–water partition coefficient (Wildman–Crippen LogP) is 2.65. The Morgan fingerprint density at radius 1 is 1.25 bits per heavy atom. The molecule has 1 aromatic carbocycles. The van der Waals surface area contributed by atoms with E-state index in [1.165, 1.54) is 18.5 Å². The summed E-state index contributed by atoms with van der Waals surface area (Å²) in [7, 11) is 0. The van der Waals surface area contributed by atoms with Crippen molar-refractivity contribution in [3.63, 3.8) is 0 Å². The number of nitrogens with zero attached hydrogens (tertiary/aromatic N) is 1. The fourth-order valence-electron chi connectivity index (χ4n) is 1.81. The van der Waals surface area contributed by atoms with Gasteiger partial charge in [-0.05, 0) is 17.7 Å². The molecule has 0 saturated carbocycles. The van der Waals surface area contributed by atoms with Crippen LogP contribution in [-0.4, -0.2) is 21.0 Å². The number of alkyl halides is 3. The quantitative estimate of drug-likeness (QED) is 0.907. The maximum atomic E-state index is 12.4. The van der Waals surface area contributed by atoms with E-state index in [0.717, 1.165) is 12.1 Å². The lowest BCUT2D eigenvalue weighted by atomic mass is 10.1. The number of aromatic amines is 1. The molecule has 0 spiro atoms. The van der Waals surface area contributed by atoms with Gasteiger partial charge in [-0.25, -0.2) is 4.98 Å². The van der Waals surface area contributed by atoms with Gasteiger partial charge in [0.2, 0.25) is 0 Å². The van der Waals surface area contributed by atoms with Crippen LogP contribution >= 0.6 is 0 Å². The largest absolute Gasteiger partial charge is 0.481 e. The van der Waals surface area contributed by atoms with Gasteiger partial charge in [0, 0.05) is 12.1 Å².